The van der Waals surface area contributed by atoms with Gasteiger partial charge < -0.3 is 14.2 Å². The fraction of sp³-hybridized carbons (Fsp3) is 0.0182. The summed E-state index contributed by atoms with van der Waals surface area (Å²) in [6, 6.07) is 164. The first kappa shape index (κ1) is 67.7. The van der Waals surface area contributed by atoms with Crippen molar-refractivity contribution in [1.29, 1.82) is 0 Å². The molecule has 536 valence electrons. The van der Waals surface area contributed by atoms with Gasteiger partial charge in [-0.15, -0.1) is 11.3 Å². The van der Waals surface area contributed by atoms with Crippen molar-refractivity contribution in [2.45, 2.75) is 10.8 Å². The van der Waals surface area contributed by atoms with Gasteiger partial charge in [0.15, 0.2) is 0 Å². The zero-order valence-electron chi connectivity index (χ0n) is 62.4. The number of para-hydroxylation sites is 1. The molecule has 2 heterocycles. The molecule has 2 aliphatic carbocycles. The molecule has 0 N–H and O–H groups in total. The molecule has 0 saturated carbocycles. The third kappa shape index (κ3) is 11.5. The highest BCUT2D eigenvalue weighted by molar-refractivity contribution is 7.25. The number of hydrogen-bond acceptors (Lipinski definition) is 4. The van der Waals surface area contributed by atoms with Crippen LogP contribution in [0.5, 0.6) is 0 Å². The Bertz CT molecular complexity index is 6450. The molecule has 0 amide bonds. The second-order valence-corrected chi connectivity index (χ2v) is 30.8. The van der Waals surface area contributed by atoms with E-state index in [2.05, 4.69) is 447 Å². The summed E-state index contributed by atoms with van der Waals surface area (Å²) in [7, 11) is 0. The number of thiophene rings is 1. The highest BCUT2D eigenvalue weighted by Gasteiger charge is 2.48. The Morgan fingerprint density at radius 1 is 0.184 bits per heavy atom. The maximum absolute atomic E-state index is 6.15. The van der Waals surface area contributed by atoms with Crippen molar-refractivity contribution < 1.29 is 4.42 Å². The average molecular weight is 1470 g/mol. The van der Waals surface area contributed by atoms with Crippen molar-refractivity contribution in [2.75, 3.05) is 9.80 Å². The molecule has 0 saturated heterocycles. The third-order valence-electron chi connectivity index (χ3n) is 23.5. The van der Waals surface area contributed by atoms with E-state index < -0.39 is 10.8 Å². The van der Waals surface area contributed by atoms with Gasteiger partial charge in [0.2, 0.25) is 0 Å². The second-order valence-electron chi connectivity index (χ2n) is 29.7. The molecule has 18 aromatic carbocycles. The number of fused-ring (bicyclic) bond motifs is 12. The van der Waals surface area contributed by atoms with E-state index in [-0.39, 0.29) is 0 Å². The van der Waals surface area contributed by atoms with E-state index in [4.69, 9.17) is 4.42 Å². The molecule has 2 aromatic heterocycles. The molecular formula is C110H74N2OS. The van der Waals surface area contributed by atoms with E-state index in [9.17, 15) is 0 Å². The minimum atomic E-state index is -0.498. The standard InChI is InChI=1S/C55H37NO.C55H37NS/c2*1-4-15-38(16-5-1)40-17-14-22-45(35-40)56(44-30-27-39(28-31-44)41-29-34-54-50(36-41)49-24-11-13-26-53(49)57-54)46-32-33-48-47-23-10-12-25-51(47)55(52(48)37-46,42-18-6-2-7-19-42)43-20-8-3-9-21-43/h2*1-37H. The molecule has 4 heteroatoms. The lowest BCUT2D eigenvalue weighted by atomic mass is 9.67. The first-order valence-electron chi connectivity index (χ1n) is 39.2. The summed E-state index contributed by atoms with van der Waals surface area (Å²) in [5.41, 5.74) is 32.2. The Labute approximate surface area is 668 Å². The lowest BCUT2D eigenvalue weighted by Crippen LogP contribution is -2.28. The number of furan rings is 1. The van der Waals surface area contributed by atoms with Gasteiger partial charge in [-0.25, -0.2) is 0 Å². The van der Waals surface area contributed by atoms with E-state index in [1.54, 1.807) is 0 Å². The van der Waals surface area contributed by atoms with Crippen LogP contribution in [0.3, 0.4) is 0 Å². The van der Waals surface area contributed by atoms with Crippen LogP contribution in [0.25, 0.3) is 109 Å². The van der Waals surface area contributed by atoms with Crippen molar-refractivity contribution in [3.63, 3.8) is 0 Å². The molecule has 0 fully saturated rings. The Kier molecular flexibility index (Phi) is 16.9. The molecule has 114 heavy (non-hydrogen) atoms. The molecule has 0 radical (unpaired) electrons. The zero-order chi connectivity index (χ0) is 75.5. The molecule has 0 spiro atoms. The quantitative estimate of drug-likeness (QED) is 0.108. The Balaban J connectivity index is 0.000000143. The van der Waals surface area contributed by atoms with Crippen molar-refractivity contribution in [1.82, 2.24) is 0 Å². The third-order valence-corrected chi connectivity index (χ3v) is 24.6. The summed E-state index contributed by atoms with van der Waals surface area (Å²) in [5, 5.41) is 4.90. The van der Waals surface area contributed by atoms with Crippen molar-refractivity contribution in [3.05, 3.63) is 493 Å². The van der Waals surface area contributed by atoms with Gasteiger partial charge in [-0.1, -0.05) is 340 Å². The Hall–Kier alpha value is -14.4. The molecular weight excluding hydrogens is 1400 g/mol. The van der Waals surface area contributed by atoms with E-state index in [0.717, 1.165) is 67.2 Å². The molecule has 22 rings (SSSR count). The molecule has 20 aromatic rings. The number of nitrogens with zero attached hydrogens (tertiary/aromatic N) is 2. The minimum Gasteiger partial charge on any atom is -0.456 e. The predicted octanol–water partition coefficient (Wildman–Crippen LogP) is 30.0. The van der Waals surface area contributed by atoms with Gasteiger partial charge in [0.05, 0.1) is 10.8 Å². The first-order chi connectivity index (χ1) is 56.5. The van der Waals surface area contributed by atoms with E-state index >= 15 is 0 Å². The fourth-order valence-electron chi connectivity index (χ4n) is 18.4. The monoisotopic (exact) mass is 1470 g/mol. The Morgan fingerprint density at radius 2 is 0.509 bits per heavy atom. The Morgan fingerprint density at radius 3 is 0.991 bits per heavy atom. The molecule has 0 aliphatic heterocycles. The lowest BCUT2D eigenvalue weighted by molar-refractivity contribution is 0.669. The average Bonchev–Trinajstić information content (AvgIpc) is 1.54. The predicted molar refractivity (Wildman–Crippen MR) is 479 cm³/mol. The lowest BCUT2D eigenvalue weighted by Gasteiger charge is -2.35. The molecule has 2 aliphatic rings. The summed E-state index contributed by atoms with van der Waals surface area (Å²) in [5.74, 6) is 0. The maximum atomic E-state index is 6.15. The summed E-state index contributed by atoms with van der Waals surface area (Å²) < 4.78 is 8.80. The van der Waals surface area contributed by atoms with Crippen molar-refractivity contribution >= 4 is 87.6 Å². The minimum absolute atomic E-state index is 0.490. The van der Waals surface area contributed by atoms with Crippen molar-refractivity contribution in [3.8, 4) is 66.8 Å². The van der Waals surface area contributed by atoms with Gasteiger partial charge in [0.1, 0.15) is 11.2 Å². The number of rotatable bonds is 14. The van der Waals surface area contributed by atoms with Crippen molar-refractivity contribution in [2.24, 2.45) is 0 Å². The van der Waals surface area contributed by atoms with Gasteiger partial charge in [-0.05, 0) is 220 Å². The van der Waals surface area contributed by atoms with Gasteiger partial charge in [0, 0.05) is 65.1 Å². The smallest absolute Gasteiger partial charge is 0.135 e. The van der Waals surface area contributed by atoms with E-state index in [1.165, 1.54) is 120 Å². The topological polar surface area (TPSA) is 19.6 Å². The van der Waals surface area contributed by atoms with E-state index in [0.29, 0.717) is 0 Å². The largest absolute Gasteiger partial charge is 0.456 e. The van der Waals surface area contributed by atoms with Gasteiger partial charge in [-0.2, -0.15) is 0 Å². The van der Waals surface area contributed by atoms with Crippen LogP contribution in [0, 0.1) is 0 Å². The van der Waals surface area contributed by atoms with Crippen LogP contribution in [0.15, 0.2) is 453 Å². The van der Waals surface area contributed by atoms with Crippen LogP contribution in [0.2, 0.25) is 0 Å². The summed E-state index contributed by atoms with van der Waals surface area (Å²) >= 11 is 1.86. The maximum Gasteiger partial charge on any atom is 0.135 e. The van der Waals surface area contributed by atoms with Crippen LogP contribution in [-0.2, 0) is 10.8 Å². The molecule has 0 unspecified atom stereocenters. The highest BCUT2D eigenvalue weighted by atomic mass is 32.1. The van der Waals surface area contributed by atoms with Crippen LogP contribution < -0.4 is 9.80 Å². The first-order valence-corrected chi connectivity index (χ1v) is 40.0. The normalized spacial score (nSPS) is 12.7. The highest BCUT2D eigenvalue weighted by Crippen LogP contribution is 2.60. The number of benzene rings is 18. The summed E-state index contributed by atoms with van der Waals surface area (Å²) in [6.45, 7) is 0. The number of anilines is 6. The van der Waals surface area contributed by atoms with Crippen LogP contribution in [-0.4, -0.2) is 0 Å². The fourth-order valence-corrected chi connectivity index (χ4v) is 19.5. The molecule has 3 nitrogen and oxygen atoms in total. The van der Waals surface area contributed by atoms with E-state index in [1.807, 2.05) is 23.5 Å². The summed E-state index contributed by atoms with van der Waals surface area (Å²) in [4.78, 5) is 4.84. The second kappa shape index (κ2) is 28.5. The SMILES string of the molecule is c1ccc(-c2cccc(N(c3ccc(-c4ccc5oc6ccccc6c5c4)cc3)c3ccc4c(c3)C(c3ccccc3)(c3ccccc3)c3ccccc3-4)c2)cc1.c1ccc(-c2cccc(N(c3ccc(-c4ccc5sc6ccccc6c5c4)cc3)c3ccc4c(c3)C(c3ccccc3)(c3ccccc3)c3ccccc3-4)c2)cc1. The van der Waals surface area contributed by atoms with Gasteiger partial charge in [-0.3, -0.25) is 0 Å². The summed E-state index contributed by atoms with van der Waals surface area (Å²) in [6.07, 6.45) is 0. The zero-order valence-corrected chi connectivity index (χ0v) is 63.3. The van der Waals surface area contributed by atoms with Gasteiger partial charge >= 0.3 is 0 Å². The van der Waals surface area contributed by atoms with Crippen LogP contribution in [0.1, 0.15) is 44.5 Å². The van der Waals surface area contributed by atoms with Crippen LogP contribution in [0.4, 0.5) is 34.1 Å². The molecule has 0 atom stereocenters. The molecule has 0 bridgehead atoms. The van der Waals surface area contributed by atoms with Gasteiger partial charge in [0.25, 0.3) is 0 Å². The number of hydrogen-bond donors (Lipinski definition) is 0. The van der Waals surface area contributed by atoms with Crippen LogP contribution >= 0.6 is 11.3 Å².